The molecule has 0 aromatic heterocycles. The van der Waals surface area contributed by atoms with E-state index in [0.717, 1.165) is 0 Å². The highest BCUT2D eigenvalue weighted by molar-refractivity contribution is 7.92. The van der Waals surface area contributed by atoms with Gasteiger partial charge in [0, 0.05) is 12.6 Å². The van der Waals surface area contributed by atoms with Crippen LogP contribution < -0.4 is 10.6 Å². The highest BCUT2D eigenvalue weighted by Crippen LogP contribution is 2.18. The molecule has 1 aliphatic heterocycles. The SMILES string of the molecule is CC(NC(=O)NCC1CCCS1(=O)=O)C(C)C(=O)O. The Morgan fingerprint density at radius 3 is 2.47 bits per heavy atom. The molecule has 2 amide bonds. The Morgan fingerprint density at radius 2 is 2.00 bits per heavy atom. The normalized spacial score (nSPS) is 24.4. The molecule has 0 spiro atoms. The molecule has 3 unspecified atom stereocenters. The summed E-state index contributed by atoms with van der Waals surface area (Å²) in [6.07, 6.45) is 1.19. The molecule has 1 saturated heterocycles. The van der Waals surface area contributed by atoms with Crippen LogP contribution in [-0.4, -0.2) is 49.1 Å². The van der Waals surface area contributed by atoms with Gasteiger partial charge >= 0.3 is 12.0 Å². The maximum Gasteiger partial charge on any atom is 0.315 e. The number of hydrogen-bond acceptors (Lipinski definition) is 4. The van der Waals surface area contributed by atoms with Gasteiger partial charge in [0.05, 0.1) is 16.9 Å². The summed E-state index contributed by atoms with van der Waals surface area (Å²) in [5.74, 6) is -1.53. The number of carboxylic acid groups (broad SMARTS) is 1. The highest BCUT2D eigenvalue weighted by atomic mass is 32.2. The number of urea groups is 1. The van der Waals surface area contributed by atoms with Crippen molar-refractivity contribution in [1.29, 1.82) is 0 Å². The Hall–Kier alpha value is -1.31. The number of aliphatic carboxylic acids is 1. The second-order valence-corrected chi connectivity index (χ2v) is 7.30. The van der Waals surface area contributed by atoms with Gasteiger partial charge in [0.15, 0.2) is 9.84 Å². The molecule has 8 heteroatoms. The summed E-state index contributed by atoms with van der Waals surface area (Å²) in [6.45, 7) is 3.15. The third kappa shape index (κ3) is 4.38. The number of hydrogen-bond donors (Lipinski definition) is 3. The molecule has 0 radical (unpaired) electrons. The molecule has 1 rings (SSSR count). The van der Waals surface area contributed by atoms with Crippen molar-refractivity contribution in [2.45, 2.75) is 38.0 Å². The van der Waals surface area contributed by atoms with Crippen molar-refractivity contribution < 1.29 is 23.1 Å². The van der Waals surface area contributed by atoms with Gasteiger partial charge < -0.3 is 15.7 Å². The molecule has 7 nitrogen and oxygen atoms in total. The van der Waals surface area contributed by atoms with Gasteiger partial charge in [-0.15, -0.1) is 0 Å². The van der Waals surface area contributed by atoms with Gasteiger partial charge in [-0.2, -0.15) is 0 Å². The van der Waals surface area contributed by atoms with Gasteiger partial charge in [-0.25, -0.2) is 13.2 Å². The summed E-state index contributed by atoms with van der Waals surface area (Å²) < 4.78 is 23.1. The van der Waals surface area contributed by atoms with Crippen LogP contribution in [0.15, 0.2) is 0 Å². The molecule has 3 atom stereocenters. The lowest BCUT2D eigenvalue weighted by atomic mass is 10.0. The predicted molar refractivity (Wildman–Crippen MR) is 69.6 cm³/mol. The van der Waals surface area contributed by atoms with Crippen molar-refractivity contribution in [1.82, 2.24) is 10.6 Å². The van der Waals surface area contributed by atoms with Crippen LogP contribution in [0.5, 0.6) is 0 Å². The zero-order chi connectivity index (χ0) is 14.6. The summed E-state index contributed by atoms with van der Waals surface area (Å²) in [5.41, 5.74) is 0. The van der Waals surface area contributed by atoms with E-state index in [-0.39, 0.29) is 12.3 Å². The van der Waals surface area contributed by atoms with Crippen LogP contribution in [0.3, 0.4) is 0 Å². The first-order chi connectivity index (χ1) is 8.74. The summed E-state index contributed by atoms with van der Waals surface area (Å²) >= 11 is 0. The Morgan fingerprint density at radius 1 is 1.37 bits per heavy atom. The van der Waals surface area contributed by atoms with Gasteiger partial charge in [-0.3, -0.25) is 4.79 Å². The Labute approximate surface area is 112 Å². The molecule has 0 bridgehead atoms. The van der Waals surface area contributed by atoms with E-state index >= 15 is 0 Å². The molecule has 0 aromatic rings. The van der Waals surface area contributed by atoms with Crippen LogP contribution in [-0.2, 0) is 14.6 Å². The first kappa shape index (κ1) is 15.7. The quantitative estimate of drug-likeness (QED) is 0.659. The molecule has 110 valence electrons. The molecule has 0 saturated carbocycles. The molecule has 0 aromatic carbocycles. The molecule has 1 aliphatic rings. The third-order valence-corrected chi connectivity index (χ3v) is 5.73. The second-order valence-electron chi connectivity index (χ2n) is 4.90. The zero-order valence-electron chi connectivity index (χ0n) is 11.0. The molecule has 19 heavy (non-hydrogen) atoms. The lowest BCUT2D eigenvalue weighted by Gasteiger charge is -2.19. The third-order valence-electron chi connectivity index (χ3n) is 3.45. The van der Waals surface area contributed by atoms with Gasteiger partial charge in [-0.05, 0) is 26.7 Å². The van der Waals surface area contributed by atoms with E-state index < -0.39 is 39.0 Å². The van der Waals surface area contributed by atoms with E-state index in [9.17, 15) is 18.0 Å². The molecule has 1 heterocycles. The lowest BCUT2D eigenvalue weighted by molar-refractivity contribution is -0.141. The van der Waals surface area contributed by atoms with Gasteiger partial charge in [0.2, 0.25) is 0 Å². The lowest BCUT2D eigenvalue weighted by Crippen LogP contribution is -2.47. The Balaban J connectivity index is 2.38. The molecular formula is C11H20N2O5S. The van der Waals surface area contributed by atoms with E-state index in [1.54, 1.807) is 6.92 Å². The number of rotatable bonds is 5. The summed E-state index contributed by atoms with van der Waals surface area (Å²) in [4.78, 5) is 22.3. The number of carboxylic acids is 1. The maximum absolute atomic E-state index is 11.5. The Bertz CT molecular complexity index is 448. The molecule has 1 fully saturated rings. The van der Waals surface area contributed by atoms with Gasteiger partial charge in [0.25, 0.3) is 0 Å². The maximum atomic E-state index is 11.5. The number of nitrogens with one attached hydrogen (secondary N) is 2. The van der Waals surface area contributed by atoms with Crippen molar-refractivity contribution in [3.63, 3.8) is 0 Å². The van der Waals surface area contributed by atoms with Crippen LogP contribution in [0.25, 0.3) is 0 Å². The fourth-order valence-electron chi connectivity index (χ4n) is 1.89. The van der Waals surface area contributed by atoms with Crippen molar-refractivity contribution in [2.75, 3.05) is 12.3 Å². The van der Waals surface area contributed by atoms with E-state index in [1.807, 2.05) is 0 Å². The summed E-state index contributed by atoms with van der Waals surface area (Å²) in [7, 11) is -3.08. The zero-order valence-corrected chi connectivity index (χ0v) is 11.9. The van der Waals surface area contributed by atoms with Crippen molar-refractivity contribution in [3.05, 3.63) is 0 Å². The van der Waals surface area contributed by atoms with Crippen molar-refractivity contribution in [2.24, 2.45) is 5.92 Å². The van der Waals surface area contributed by atoms with Crippen LogP contribution in [0.2, 0.25) is 0 Å². The van der Waals surface area contributed by atoms with E-state index in [4.69, 9.17) is 5.11 Å². The van der Waals surface area contributed by atoms with Gasteiger partial charge in [-0.1, -0.05) is 0 Å². The van der Waals surface area contributed by atoms with Crippen LogP contribution in [0.1, 0.15) is 26.7 Å². The molecular weight excluding hydrogens is 272 g/mol. The number of sulfone groups is 1. The van der Waals surface area contributed by atoms with E-state index in [1.165, 1.54) is 6.92 Å². The van der Waals surface area contributed by atoms with Crippen molar-refractivity contribution in [3.8, 4) is 0 Å². The average Bonchev–Trinajstić information content (AvgIpc) is 2.64. The number of carbonyl (C=O) groups is 2. The van der Waals surface area contributed by atoms with Crippen LogP contribution in [0.4, 0.5) is 4.79 Å². The van der Waals surface area contributed by atoms with Crippen LogP contribution >= 0.6 is 0 Å². The standard InChI is InChI=1S/C11H20N2O5S/c1-7(10(14)15)8(2)13-11(16)12-6-9-4-3-5-19(9,17)18/h7-9H,3-6H2,1-2H3,(H,14,15)(H2,12,13,16). The minimum absolute atomic E-state index is 0.0718. The first-order valence-electron chi connectivity index (χ1n) is 6.22. The predicted octanol–water partition coefficient (Wildman–Crippen LogP) is -0.0280. The summed E-state index contributed by atoms with van der Waals surface area (Å²) in [5, 5.41) is 13.2. The van der Waals surface area contributed by atoms with Gasteiger partial charge in [0.1, 0.15) is 0 Å². The first-order valence-corrected chi connectivity index (χ1v) is 7.94. The smallest absolute Gasteiger partial charge is 0.315 e. The minimum atomic E-state index is -3.08. The summed E-state index contributed by atoms with van der Waals surface area (Å²) in [6, 6.07) is -1.07. The Kier molecular flexibility index (Phi) is 5.16. The molecule has 0 aliphatic carbocycles. The second kappa shape index (κ2) is 6.23. The molecule has 3 N–H and O–H groups in total. The largest absolute Gasteiger partial charge is 0.481 e. The highest BCUT2D eigenvalue weighted by Gasteiger charge is 2.31. The topological polar surface area (TPSA) is 113 Å². The minimum Gasteiger partial charge on any atom is -0.481 e. The monoisotopic (exact) mass is 292 g/mol. The average molecular weight is 292 g/mol. The fourth-order valence-corrected chi connectivity index (χ4v) is 3.66. The van der Waals surface area contributed by atoms with E-state index in [0.29, 0.717) is 12.8 Å². The van der Waals surface area contributed by atoms with Crippen LogP contribution in [0, 0.1) is 5.92 Å². The van der Waals surface area contributed by atoms with Crippen molar-refractivity contribution >= 4 is 21.8 Å². The number of carbonyl (C=O) groups excluding carboxylic acids is 1. The van der Waals surface area contributed by atoms with E-state index in [2.05, 4.69) is 10.6 Å². The fraction of sp³-hybridized carbons (Fsp3) is 0.818. The number of amides is 2.